The van der Waals surface area contributed by atoms with Gasteiger partial charge in [0, 0.05) is 4.88 Å². The summed E-state index contributed by atoms with van der Waals surface area (Å²) in [4.78, 5) is 5.88. The van der Waals surface area contributed by atoms with E-state index in [1.807, 2.05) is 18.2 Å². The van der Waals surface area contributed by atoms with Gasteiger partial charge in [-0.3, -0.25) is 0 Å². The Bertz CT molecular complexity index is 687. The second-order valence-corrected chi connectivity index (χ2v) is 6.39. The van der Waals surface area contributed by atoms with Crippen LogP contribution in [0.3, 0.4) is 0 Å². The molecule has 92 valence electrons. The lowest BCUT2D eigenvalue weighted by molar-refractivity contribution is 1.16. The van der Waals surface area contributed by atoms with Gasteiger partial charge in [0.25, 0.3) is 0 Å². The van der Waals surface area contributed by atoms with Crippen molar-refractivity contribution in [2.45, 2.75) is 13.5 Å². The highest BCUT2D eigenvalue weighted by molar-refractivity contribution is 7.22. The van der Waals surface area contributed by atoms with Gasteiger partial charge in [0.1, 0.15) is 0 Å². The number of halogens is 1. The molecular formula is C13H11ClN2S2. The van der Waals surface area contributed by atoms with Crippen molar-refractivity contribution in [1.82, 2.24) is 4.98 Å². The number of anilines is 1. The summed E-state index contributed by atoms with van der Waals surface area (Å²) in [5.74, 6) is 0. The van der Waals surface area contributed by atoms with E-state index in [0.717, 1.165) is 26.9 Å². The molecule has 1 N–H and O–H groups in total. The number of aromatic nitrogens is 1. The Labute approximate surface area is 118 Å². The molecule has 3 rings (SSSR count). The second kappa shape index (κ2) is 4.88. The largest absolute Gasteiger partial charge is 0.357 e. The highest BCUT2D eigenvalue weighted by Gasteiger charge is 2.07. The molecule has 18 heavy (non-hydrogen) atoms. The molecular weight excluding hydrogens is 284 g/mol. The Hall–Kier alpha value is -1.10. The normalized spacial score (nSPS) is 11.0. The summed E-state index contributed by atoms with van der Waals surface area (Å²) in [6, 6.07) is 7.95. The van der Waals surface area contributed by atoms with Crippen LogP contribution in [0.25, 0.3) is 10.2 Å². The van der Waals surface area contributed by atoms with E-state index in [2.05, 4.69) is 28.7 Å². The smallest absolute Gasteiger partial charge is 0.184 e. The van der Waals surface area contributed by atoms with Crippen LogP contribution >= 0.6 is 34.3 Å². The summed E-state index contributed by atoms with van der Waals surface area (Å²) in [7, 11) is 0. The van der Waals surface area contributed by atoms with Crippen LogP contribution in [0.1, 0.15) is 10.4 Å². The maximum Gasteiger partial charge on any atom is 0.184 e. The SMILES string of the molecule is Cc1ccsc1CNc1nc2cccc(Cl)c2s1. The number of nitrogens with zero attached hydrogens (tertiary/aromatic N) is 1. The van der Waals surface area contributed by atoms with Crippen molar-refractivity contribution in [3.05, 3.63) is 45.1 Å². The van der Waals surface area contributed by atoms with Crippen molar-refractivity contribution in [3.8, 4) is 0 Å². The molecule has 0 spiro atoms. The Morgan fingerprint density at radius 3 is 2.94 bits per heavy atom. The van der Waals surface area contributed by atoms with Crippen LogP contribution in [-0.4, -0.2) is 4.98 Å². The number of hydrogen-bond acceptors (Lipinski definition) is 4. The Kier molecular flexibility index (Phi) is 3.24. The van der Waals surface area contributed by atoms with Gasteiger partial charge in [-0.25, -0.2) is 4.98 Å². The molecule has 0 aliphatic carbocycles. The first-order valence-corrected chi connectivity index (χ1v) is 7.63. The van der Waals surface area contributed by atoms with Crippen LogP contribution in [0.2, 0.25) is 5.02 Å². The van der Waals surface area contributed by atoms with E-state index in [-0.39, 0.29) is 0 Å². The Morgan fingerprint density at radius 2 is 2.22 bits per heavy atom. The molecule has 0 saturated carbocycles. The van der Waals surface area contributed by atoms with Crippen LogP contribution in [0.4, 0.5) is 5.13 Å². The van der Waals surface area contributed by atoms with Crippen molar-refractivity contribution >= 4 is 49.6 Å². The van der Waals surface area contributed by atoms with E-state index in [0.29, 0.717) is 0 Å². The highest BCUT2D eigenvalue weighted by Crippen LogP contribution is 2.32. The third-order valence-corrected chi connectivity index (χ3v) is 5.25. The molecule has 2 heterocycles. The van der Waals surface area contributed by atoms with Crippen molar-refractivity contribution in [2.75, 3.05) is 5.32 Å². The van der Waals surface area contributed by atoms with Gasteiger partial charge in [0.05, 0.1) is 21.8 Å². The fourth-order valence-electron chi connectivity index (χ4n) is 1.73. The first-order chi connectivity index (χ1) is 8.74. The number of thiazole rings is 1. The van der Waals surface area contributed by atoms with Gasteiger partial charge in [0.15, 0.2) is 5.13 Å². The quantitative estimate of drug-likeness (QED) is 0.741. The molecule has 3 aromatic rings. The molecule has 0 aliphatic heterocycles. The molecule has 0 bridgehead atoms. The van der Waals surface area contributed by atoms with Crippen molar-refractivity contribution in [2.24, 2.45) is 0 Å². The van der Waals surface area contributed by atoms with Gasteiger partial charge < -0.3 is 5.32 Å². The molecule has 2 nitrogen and oxygen atoms in total. The van der Waals surface area contributed by atoms with Crippen LogP contribution in [0, 0.1) is 6.92 Å². The zero-order chi connectivity index (χ0) is 12.5. The van der Waals surface area contributed by atoms with Crippen LogP contribution in [0.5, 0.6) is 0 Å². The number of benzene rings is 1. The number of aryl methyl sites for hydroxylation is 1. The zero-order valence-electron chi connectivity index (χ0n) is 9.74. The standard InChI is InChI=1S/C13H11ClN2S2/c1-8-5-6-17-11(8)7-15-13-16-10-4-2-3-9(14)12(10)18-13/h2-6H,7H2,1H3,(H,15,16). The van der Waals surface area contributed by atoms with Crippen LogP contribution in [0.15, 0.2) is 29.6 Å². The fourth-order valence-corrected chi connectivity index (χ4v) is 3.73. The molecule has 0 unspecified atom stereocenters. The predicted octanol–water partition coefficient (Wildman–Crippen LogP) is 4.93. The third kappa shape index (κ3) is 2.23. The zero-order valence-corrected chi connectivity index (χ0v) is 12.1. The summed E-state index contributed by atoms with van der Waals surface area (Å²) >= 11 is 9.51. The topological polar surface area (TPSA) is 24.9 Å². The second-order valence-electron chi connectivity index (χ2n) is 3.99. The van der Waals surface area contributed by atoms with Crippen LogP contribution in [-0.2, 0) is 6.54 Å². The first kappa shape index (κ1) is 12.0. The van der Waals surface area contributed by atoms with Gasteiger partial charge in [-0.2, -0.15) is 0 Å². The molecule has 2 aromatic heterocycles. The number of hydrogen-bond donors (Lipinski definition) is 1. The summed E-state index contributed by atoms with van der Waals surface area (Å²) in [6.07, 6.45) is 0. The summed E-state index contributed by atoms with van der Waals surface area (Å²) < 4.78 is 1.05. The average Bonchev–Trinajstić information content (AvgIpc) is 2.93. The molecule has 5 heteroatoms. The number of nitrogens with one attached hydrogen (secondary N) is 1. The van der Waals surface area contributed by atoms with Gasteiger partial charge in [0.2, 0.25) is 0 Å². The molecule has 0 atom stereocenters. The van der Waals surface area contributed by atoms with Gasteiger partial charge >= 0.3 is 0 Å². The molecule has 0 aliphatic rings. The van der Waals surface area contributed by atoms with Gasteiger partial charge in [-0.05, 0) is 36.1 Å². The number of fused-ring (bicyclic) bond motifs is 1. The maximum absolute atomic E-state index is 6.14. The van der Waals surface area contributed by atoms with Crippen molar-refractivity contribution in [3.63, 3.8) is 0 Å². The minimum Gasteiger partial charge on any atom is -0.357 e. The molecule has 0 saturated heterocycles. The van der Waals surface area contributed by atoms with E-state index in [9.17, 15) is 0 Å². The van der Waals surface area contributed by atoms with E-state index in [1.165, 1.54) is 10.4 Å². The number of rotatable bonds is 3. The predicted molar refractivity (Wildman–Crippen MR) is 81.0 cm³/mol. The summed E-state index contributed by atoms with van der Waals surface area (Å²) in [6.45, 7) is 2.95. The minimum atomic E-state index is 0.769. The third-order valence-electron chi connectivity index (χ3n) is 2.74. The van der Waals surface area contributed by atoms with E-state index in [4.69, 9.17) is 11.6 Å². The van der Waals surface area contributed by atoms with Crippen LogP contribution < -0.4 is 5.32 Å². The Balaban J connectivity index is 1.83. The minimum absolute atomic E-state index is 0.769. The lowest BCUT2D eigenvalue weighted by Crippen LogP contribution is -1.97. The highest BCUT2D eigenvalue weighted by atomic mass is 35.5. The van der Waals surface area contributed by atoms with Crippen molar-refractivity contribution in [1.29, 1.82) is 0 Å². The lowest BCUT2D eigenvalue weighted by atomic mass is 10.3. The van der Waals surface area contributed by atoms with Gasteiger partial charge in [-0.15, -0.1) is 11.3 Å². The maximum atomic E-state index is 6.14. The Morgan fingerprint density at radius 1 is 1.33 bits per heavy atom. The lowest BCUT2D eigenvalue weighted by Gasteiger charge is -2.00. The monoisotopic (exact) mass is 294 g/mol. The molecule has 0 amide bonds. The van der Waals surface area contributed by atoms with E-state index < -0.39 is 0 Å². The molecule has 0 fully saturated rings. The molecule has 1 aromatic carbocycles. The van der Waals surface area contributed by atoms with Gasteiger partial charge in [-0.1, -0.05) is 29.0 Å². The average molecular weight is 295 g/mol. The van der Waals surface area contributed by atoms with Crippen molar-refractivity contribution < 1.29 is 0 Å². The first-order valence-electron chi connectivity index (χ1n) is 5.56. The summed E-state index contributed by atoms with van der Waals surface area (Å²) in [5, 5.41) is 7.17. The summed E-state index contributed by atoms with van der Waals surface area (Å²) in [5.41, 5.74) is 2.28. The van der Waals surface area contributed by atoms with E-state index >= 15 is 0 Å². The molecule has 0 radical (unpaired) electrons. The number of thiophene rings is 1. The van der Waals surface area contributed by atoms with E-state index in [1.54, 1.807) is 22.7 Å². The fraction of sp³-hybridized carbons (Fsp3) is 0.154.